The lowest BCUT2D eigenvalue weighted by molar-refractivity contribution is -0.145. The maximum absolute atomic E-state index is 12.5. The van der Waals surface area contributed by atoms with Crippen LogP contribution in [-0.2, 0) is 33.3 Å². The van der Waals surface area contributed by atoms with Gasteiger partial charge in [0.15, 0.2) is 17.3 Å². The van der Waals surface area contributed by atoms with Gasteiger partial charge in [-0.2, -0.15) is 0 Å². The molecule has 37 heavy (non-hydrogen) atoms. The van der Waals surface area contributed by atoms with Gasteiger partial charge in [-0.15, -0.1) is 0 Å². The zero-order chi connectivity index (χ0) is 29.3. The second kappa shape index (κ2) is 14.1. The first-order chi connectivity index (χ1) is 16.5. The van der Waals surface area contributed by atoms with Crippen molar-refractivity contribution in [2.24, 2.45) is 27.1 Å². The summed E-state index contributed by atoms with van der Waals surface area (Å²) in [6.07, 6.45) is 0. The van der Waals surface area contributed by atoms with Crippen LogP contribution >= 0.6 is 0 Å². The predicted molar refractivity (Wildman–Crippen MR) is 148 cm³/mol. The summed E-state index contributed by atoms with van der Waals surface area (Å²) < 4.78 is 23.7. The van der Waals surface area contributed by atoms with Gasteiger partial charge in [-0.05, 0) is 11.0 Å². The average molecular weight is 527 g/mol. The van der Waals surface area contributed by atoms with Crippen molar-refractivity contribution in [1.29, 1.82) is 0 Å². The summed E-state index contributed by atoms with van der Waals surface area (Å²) in [6.45, 7) is 27.5. The van der Waals surface area contributed by atoms with Crippen molar-refractivity contribution in [3.8, 4) is 0 Å². The van der Waals surface area contributed by atoms with Crippen molar-refractivity contribution in [2.75, 3.05) is 52.9 Å². The number of ketones is 3. The van der Waals surface area contributed by atoms with Gasteiger partial charge in [-0.1, -0.05) is 89.7 Å². The van der Waals surface area contributed by atoms with Crippen molar-refractivity contribution < 1.29 is 33.3 Å². The predicted octanol–water partition coefficient (Wildman–Crippen LogP) is 5.49. The molecule has 0 aromatic carbocycles. The summed E-state index contributed by atoms with van der Waals surface area (Å²) >= 11 is 0. The molecule has 0 bridgehead atoms. The molecule has 7 heteroatoms. The molecule has 0 spiro atoms. The van der Waals surface area contributed by atoms with E-state index in [2.05, 4.69) is 27.4 Å². The van der Waals surface area contributed by atoms with Crippen molar-refractivity contribution in [1.82, 2.24) is 0 Å². The Hall–Kier alpha value is -1.41. The second-order valence-corrected chi connectivity index (χ2v) is 14.3. The number of rotatable bonds is 16. The van der Waals surface area contributed by atoms with Gasteiger partial charge in [-0.3, -0.25) is 14.4 Å². The van der Waals surface area contributed by atoms with E-state index in [0.29, 0.717) is 6.61 Å². The molecule has 0 N–H and O–H groups in total. The van der Waals surface area contributed by atoms with Gasteiger partial charge >= 0.3 is 0 Å². The first-order valence-corrected chi connectivity index (χ1v) is 13.1. The zero-order valence-corrected chi connectivity index (χ0v) is 25.7. The summed E-state index contributed by atoms with van der Waals surface area (Å²) in [4.78, 5) is 37.4. The van der Waals surface area contributed by atoms with Gasteiger partial charge in [-0.25, -0.2) is 0 Å². The molecule has 7 nitrogen and oxygen atoms in total. The minimum absolute atomic E-state index is 0.0314. The van der Waals surface area contributed by atoms with E-state index in [9.17, 15) is 14.4 Å². The van der Waals surface area contributed by atoms with E-state index in [1.165, 1.54) is 0 Å². The lowest BCUT2D eigenvalue weighted by atomic mass is 9.88. The van der Waals surface area contributed by atoms with Gasteiger partial charge in [0.05, 0.1) is 38.4 Å². The van der Waals surface area contributed by atoms with E-state index in [4.69, 9.17) is 18.9 Å². The lowest BCUT2D eigenvalue weighted by Gasteiger charge is -2.34. The minimum Gasteiger partial charge on any atom is -0.376 e. The maximum atomic E-state index is 12.5. The molecule has 0 unspecified atom stereocenters. The van der Waals surface area contributed by atoms with E-state index >= 15 is 0 Å². The highest BCUT2D eigenvalue weighted by Gasteiger charge is 2.35. The monoisotopic (exact) mass is 526 g/mol. The Bertz CT molecular complexity index is 634. The third-order valence-electron chi connectivity index (χ3n) is 6.18. The molecule has 0 fully saturated rings. The van der Waals surface area contributed by atoms with Crippen LogP contribution in [0.1, 0.15) is 83.1 Å². The molecule has 0 aliphatic carbocycles. The van der Waals surface area contributed by atoms with Crippen molar-refractivity contribution in [3.05, 3.63) is 12.2 Å². The Morgan fingerprint density at radius 1 is 0.459 bits per heavy atom. The second-order valence-electron chi connectivity index (χ2n) is 14.3. The van der Waals surface area contributed by atoms with Gasteiger partial charge < -0.3 is 18.9 Å². The lowest BCUT2D eigenvalue weighted by Crippen LogP contribution is -2.44. The number of Topliss-reactive ketones (excluding diaryl/α,β-unsaturated/α-hetero) is 3. The highest BCUT2D eigenvalue weighted by atomic mass is 16.5. The fourth-order valence-corrected chi connectivity index (χ4v) is 2.59. The molecule has 216 valence electrons. The SMILES string of the molecule is C=C(COCC(COCC(=O)C(C)(C)C)(COCC(=O)C(C)(C)C)COCC(=O)C(C)(C)C)C(C)(C)C. The molecular weight excluding hydrogens is 472 g/mol. The number of ether oxygens (including phenoxy) is 4. The smallest absolute Gasteiger partial charge is 0.163 e. The van der Waals surface area contributed by atoms with Crippen LogP contribution < -0.4 is 0 Å². The molecule has 0 atom stereocenters. The van der Waals surface area contributed by atoms with Crippen LogP contribution in [0.15, 0.2) is 12.2 Å². The molecule has 0 amide bonds. The largest absolute Gasteiger partial charge is 0.376 e. The molecule has 0 saturated heterocycles. The minimum atomic E-state index is -0.841. The third kappa shape index (κ3) is 14.4. The van der Waals surface area contributed by atoms with Gasteiger partial charge in [0.25, 0.3) is 0 Å². The molecule has 0 heterocycles. The maximum Gasteiger partial charge on any atom is 0.163 e. The Kier molecular flexibility index (Phi) is 13.6. The normalized spacial score (nSPS) is 13.5. The Balaban J connectivity index is 5.74. The summed E-state index contributed by atoms with van der Waals surface area (Å²) in [7, 11) is 0. The summed E-state index contributed by atoms with van der Waals surface area (Å²) in [5, 5.41) is 0. The first kappa shape index (κ1) is 35.6. The van der Waals surface area contributed by atoms with E-state index < -0.39 is 21.7 Å². The van der Waals surface area contributed by atoms with Crippen LogP contribution in [0.3, 0.4) is 0 Å². The van der Waals surface area contributed by atoms with Crippen molar-refractivity contribution in [3.63, 3.8) is 0 Å². The fraction of sp³-hybridized carbons (Fsp3) is 0.833. The van der Waals surface area contributed by atoms with E-state index in [0.717, 1.165) is 5.57 Å². The van der Waals surface area contributed by atoms with Crippen molar-refractivity contribution >= 4 is 17.3 Å². The standard InChI is InChI=1S/C30H54O7/c1-22(26(2,3)4)14-34-18-30(19-35-15-23(31)27(5,6)7,20-36-16-24(32)28(8,9)10)21-37-17-25(33)29(11,12)13/h1,14-21H2,2-13H3. The molecule has 0 saturated carbocycles. The van der Waals surface area contributed by atoms with E-state index in [-0.39, 0.29) is 69.0 Å². The van der Waals surface area contributed by atoms with Crippen LogP contribution in [0.25, 0.3) is 0 Å². The summed E-state index contributed by atoms with van der Waals surface area (Å²) in [6, 6.07) is 0. The molecule has 0 aliphatic heterocycles. The van der Waals surface area contributed by atoms with Crippen LogP contribution in [0.2, 0.25) is 0 Å². The van der Waals surface area contributed by atoms with Crippen LogP contribution in [0.5, 0.6) is 0 Å². The number of hydrogen-bond acceptors (Lipinski definition) is 7. The molecule has 0 aromatic heterocycles. The van der Waals surface area contributed by atoms with Crippen LogP contribution in [0, 0.1) is 27.1 Å². The van der Waals surface area contributed by atoms with E-state index in [1.54, 1.807) is 0 Å². The topological polar surface area (TPSA) is 88.1 Å². The molecule has 0 aromatic rings. The Morgan fingerprint density at radius 2 is 0.703 bits per heavy atom. The summed E-state index contributed by atoms with van der Waals surface area (Å²) in [5.41, 5.74) is -1.63. The highest BCUT2D eigenvalue weighted by molar-refractivity contribution is 5.85. The van der Waals surface area contributed by atoms with Crippen molar-refractivity contribution in [2.45, 2.75) is 83.1 Å². The summed E-state index contributed by atoms with van der Waals surface area (Å²) in [5.74, 6) is -0.0942. The molecule has 0 aliphatic rings. The van der Waals surface area contributed by atoms with Gasteiger partial charge in [0.2, 0.25) is 0 Å². The number of hydrogen-bond donors (Lipinski definition) is 0. The van der Waals surface area contributed by atoms with Gasteiger partial charge in [0.1, 0.15) is 19.8 Å². The zero-order valence-electron chi connectivity index (χ0n) is 25.7. The quantitative estimate of drug-likeness (QED) is 0.246. The number of carbonyl (C=O) groups is 3. The molecule has 0 radical (unpaired) electrons. The third-order valence-corrected chi connectivity index (χ3v) is 6.18. The van der Waals surface area contributed by atoms with Gasteiger partial charge in [0, 0.05) is 16.2 Å². The molecular formula is C30H54O7. The average Bonchev–Trinajstić information content (AvgIpc) is 2.70. The Morgan fingerprint density at radius 3 is 0.919 bits per heavy atom. The van der Waals surface area contributed by atoms with E-state index in [1.807, 2.05) is 62.3 Å². The number of carbonyl (C=O) groups excluding carboxylic acids is 3. The first-order valence-electron chi connectivity index (χ1n) is 13.1. The van der Waals surface area contributed by atoms with Crippen LogP contribution in [-0.4, -0.2) is 70.2 Å². The Labute approximate surface area is 226 Å². The van der Waals surface area contributed by atoms with Crippen LogP contribution in [0.4, 0.5) is 0 Å². The highest BCUT2D eigenvalue weighted by Crippen LogP contribution is 2.27. The fourth-order valence-electron chi connectivity index (χ4n) is 2.59. The molecule has 0 rings (SSSR count).